The van der Waals surface area contributed by atoms with Crippen LogP contribution in [-0.2, 0) is 4.79 Å². The van der Waals surface area contributed by atoms with E-state index in [1.54, 1.807) is 23.7 Å². The van der Waals surface area contributed by atoms with Crippen LogP contribution in [0.5, 0.6) is 0 Å². The largest absolute Gasteiger partial charge is 0.481 e. The molecule has 1 aliphatic carbocycles. The fraction of sp³-hybridized carbons (Fsp3) is 0.867. The van der Waals surface area contributed by atoms with Gasteiger partial charge in [-0.3, -0.25) is 4.79 Å². The molecule has 2 amide bonds. The first kappa shape index (κ1) is 18.1. The summed E-state index contributed by atoms with van der Waals surface area (Å²) in [5.41, 5.74) is -0.562. The monoisotopic (exact) mass is 316 g/mol. The highest BCUT2D eigenvalue weighted by molar-refractivity contribution is 7.98. The molecule has 5 nitrogen and oxygen atoms in total. The van der Waals surface area contributed by atoms with Crippen molar-refractivity contribution in [2.45, 2.75) is 63.5 Å². The Labute approximate surface area is 131 Å². The first-order chi connectivity index (χ1) is 9.94. The maximum atomic E-state index is 12.5. The Balaban J connectivity index is 2.73. The minimum absolute atomic E-state index is 0.0197. The van der Waals surface area contributed by atoms with Crippen LogP contribution in [0.1, 0.15) is 51.9 Å². The molecule has 0 aromatic rings. The van der Waals surface area contributed by atoms with E-state index in [1.165, 1.54) is 0 Å². The molecule has 1 atom stereocenters. The zero-order valence-electron chi connectivity index (χ0n) is 13.4. The SMILES string of the molecule is CCC(CSC)N(C)C(=O)NC1(CC(=O)O)CCCCC1. The molecule has 122 valence electrons. The number of carbonyl (C=O) groups is 2. The Morgan fingerprint density at radius 2 is 1.95 bits per heavy atom. The van der Waals surface area contributed by atoms with E-state index in [4.69, 9.17) is 5.11 Å². The number of hydrogen-bond donors (Lipinski definition) is 2. The lowest BCUT2D eigenvalue weighted by Crippen LogP contribution is -2.56. The van der Waals surface area contributed by atoms with E-state index in [-0.39, 0.29) is 18.5 Å². The minimum atomic E-state index is -0.837. The Hall–Kier alpha value is -0.910. The van der Waals surface area contributed by atoms with Crippen LogP contribution in [0.15, 0.2) is 0 Å². The van der Waals surface area contributed by atoms with Crippen LogP contribution in [-0.4, -0.2) is 52.6 Å². The van der Waals surface area contributed by atoms with E-state index in [9.17, 15) is 9.59 Å². The highest BCUT2D eigenvalue weighted by Gasteiger charge is 2.37. The van der Waals surface area contributed by atoms with Crippen molar-refractivity contribution in [2.24, 2.45) is 0 Å². The van der Waals surface area contributed by atoms with Crippen molar-refractivity contribution in [3.63, 3.8) is 0 Å². The molecule has 2 N–H and O–H groups in total. The van der Waals surface area contributed by atoms with Crippen LogP contribution in [0.3, 0.4) is 0 Å². The van der Waals surface area contributed by atoms with E-state index in [2.05, 4.69) is 12.2 Å². The third-order valence-electron chi connectivity index (χ3n) is 4.37. The standard InChI is InChI=1S/C15H28N2O3S/c1-4-12(11-21-3)17(2)14(20)16-15(10-13(18)19)8-6-5-7-9-15/h12H,4-11H2,1-3H3,(H,16,20)(H,18,19). The second kappa shape index (κ2) is 8.51. The normalized spacial score (nSPS) is 18.8. The molecular formula is C15H28N2O3S. The van der Waals surface area contributed by atoms with E-state index < -0.39 is 11.5 Å². The molecule has 1 unspecified atom stereocenters. The molecule has 21 heavy (non-hydrogen) atoms. The summed E-state index contributed by atoms with van der Waals surface area (Å²) in [6.07, 6.45) is 7.57. The summed E-state index contributed by atoms with van der Waals surface area (Å²) in [7, 11) is 1.80. The van der Waals surface area contributed by atoms with Crippen LogP contribution < -0.4 is 5.32 Å². The molecule has 1 rings (SSSR count). The first-order valence-corrected chi connectivity index (χ1v) is 9.09. The van der Waals surface area contributed by atoms with Gasteiger partial charge in [-0.15, -0.1) is 0 Å². The Bertz CT molecular complexity index is 357. The molecule has 0 heterocycles. The second-order valence-electron chi connectivity index (χ2n) is 5.97. The second-order valence-corrected chi connectivity index (χ2v) is 6.88. The maximum absolute atomic E-state index is 12.5. The number of nitrogens with one attached hydrogen (secondary N) is 1. The van der Waals surface area contributed by atoms with Gasteiger partial charge in [0.1, 0.15) is 0 Å². The van der Waals surface area contributed by atoms with Crippen LogP contribution in [0.4, 0.5) is 4.79 Å². The van der Waals surface area contributed by atoms with Gasteiger partial charge in [0.15, 0.2) is 0 Å². The van der Waals surface area contributed by atoms with Crippen molar-refractivity contribution in [1.29, 1.82) is 0 Å². The van der Waals surface area contributed by atoms with E-state index in [1.807, 2.05) is 6.26 Å². The van der Waals surface area contributed by atoms with Crippen molar-refractivity contribution >= 4 is 23.8 Å². The van der Waals surface area contributed by atoms with Gasteiger partial charge in [-0.05, 0) is 25.5 Å². The topological polar surface area (TPSA) is 69.6 Å². The third-order valence-corrected chi connectivity index (χ3v) is 5.09. The van der Waals surface area contributed by atoms with Crippen molar-refractivity contribution in [1.82, 2.24) is 10.2 Å². The molecular weight excluding hydrogens is 288 g/mol. The Morgan fingerprint density at radius 1 is 1.33 bits per heavy atom. The number of carbonyl (C=O) groups excluding carboxylic acids is 1. The zero-order valence-corrected chi connectivity index (χ0v) is 14.2. The zero-order chi connectivity index (χ0) is 15.9. The van der Waals surface area contributed by atoms with Gasteiger partial charge in [-0.2, -0.15) is 11.8 Å². The molecule has 1 aliphatic rings. The molecule has 0 aromatic heterocycles. The van der Waals surface area contributed by atoms with E-state index in [0.717, 1.165) is 44.3 Å². The van der Waals surface area contributed by atoms with Crippen molar-refractivity contribution in [3.8, 4) is 0 Å². The third kappa shape index (κ3) is 5.41. The number of thioether (sulfide) groups is 1. The van der Waals surface area contributed by atoms with Gasteiger partial charge in [-0.1, -0.05) is 26.2 Å². The summed E-state index contributed by atoms with van der Waals surface area (Å²) >= 11 is 1.72. The average molecular weight is 316 g/mol. The van der Waals surface area contributed by atoms with Gasteiger partial charge in [0.25, 0.3) is 0 Å². The maximum Gasteiger partial charge on any atom is 0.317 e. The van der Waals surface area contributed by atoms with Crippen molar-refractivity contribution in [3.05, 3.63) is 0 Å². The molecule has 6 heteroatoms. The molecule has 0 aromatic carbocycles. The molecule has 1 saturated carbocycles. The number of nitrogens with zero attached hydrogens (tertiary/aromatic N) is 1. The van der Waals surface area contributed by atoms with Gasteiger partial charge in [0, 0.05) is 18.8 Å². The number of urea groups is 1. The molecule has 0 saturated heterocycles. The molecule has 0 radical (unpaired) electrons. The summed E-state index contributed by atoms with van der Waals surface area (Å²) < 4.78 is 0. The lowest BCUT2D eigenvalue weighted by atomic mass is 9.79. The quantitative estimate of drug-likeness (QED) is 0.757. The van der Waals surface area contributed by atoms with Crippen molar-refractivity contribution < 1.29 is 14.7 Å². The average Bonchev–Trinajstić information content (AvgIpc) is 2.43. The molecule has 0 bridgehead atoms. The number of rotatable bonds is 7. The molecule has 1 fully saturated rings. The van der Waals surface area contributed by atoms with Gasteiger partial charge in [0.2, 0.25) is 0 Å². The van der Waals surface area contributed by atoms with Crippen LogP contribution in [0.2, 0.25) is 0 Å². The van der Waals surface area contributed by atoms with Crippen molar-refractivity contribution in [2.75, 3.05) is 19.1 Å². The highest BCUT2D eigenvalue weighted by Crippen LogP contribution is 2.31. The van der Waals surface area contributed by atoms with Crippen LogP contribution in [0, 0.1) is 0 Å². The van der Waals surface area contributed by atoms with Gasteiger partial charge >= 0.3 is 12.0 Å². The highest BCUT2D eigenvalue weighted by atomic mass is 32.2. The van der Waals surface area contributed by atoms with Gasteiger partial charge in [-0.25, -0.2) is 4.79 Å². The number of carboxylic acid groups (broad SMARTS) is 1. The van der Waals surface area contributed by atoms with E-state index >= 15 is 0 Å². The summed E-state index contributed by atoms with van der Waals surface area (Å²) in [5.74, 6) is 0.0582. The van der Waals surface area contributed by atoms with Gasteiger partial charge in [0.05, 0.1) is 12.0 Å². The summed E-state index contributed by atoms with van der Waals surface area (Å²) in [6.45, 7) is 2.07. The fourth-order valence-electron chi connectivity index (χ4n) is 3.04. The lowest BCUT2D eigenvalue weighted by molar-refractivity contribution is -0.139. The smallest absolute Gasteiger partial charge is 0.317 e. The molecule has 0 aliphatic heterocycles. The summed E-state index contributed by atoms with van der Waals surface area (Å²) in [4.78, 5) is 25.4. The van der Waals surface area contributed by atoms with Crippen LogP contribution in [0.25, 0.3) is 0 Å². The number of carboxylic acids is 1. The Kier molecular flexibility index (Phi) is 7.35. The van der Waals surface area contributed by atoms with Gasteiger partial charge < -0.3 is 15.3 Å². The number of amides is 2. The Morgan fingerprint density at radius 3 is 2.43 bits per heavy atom. The predicted octanol–water partition coefficient (Wildman–Crippen LogP) is 2.95. The lowest BCUT2D eigenvalue weighted by Gasteiger charge is -2.39. The first-order valence-electron chi connectivity index (χ1n) is 7.70. The van der Waals surface area contributed by atoms with E-state index in [0.29, 0.717) is 0 Å². The minimum Gasteiger partial charge on any atom is -0.481 e. The number of aliphatic carboxylic acids is 1. The number of hydrogen-bond acceptors (Lipinski definition) is 3. The summed E-state index contributed by atoms with van der Waals surface area (Å²) in [5, 5.41) is 12.2. The molecule has 0 spiro atoms. The summed E-state index contributed by atoms with van der Waals surface area (Å²) in [6, 6.07) is 0.0459. The van der Waals surface area contributed by atoms with Crippen LogP contribution >= 0.6 is 11.8 Å². The fourth-order valence-corrected chi connectivity index (χ4v) is 3.88. The predicted molar refractivity (Wildman–Crippen MR) is 86.8 cm³/mol.